The molecular weight excluding hydrogens is 300 g/mol. The van der Waals surface area contributed by atoms with Gasteiger partial charge in [0.1, 0.15) is 0 Å². The van der Waals surface area contributed by atoms with Gasteiger partial charge in [-0.3, -0.25) is 9.59 Å². The molecular formula is C20H28N2O2. The first-order valence-corrected chi connectivity index (χ1v) is 9.34. The van der Waals surface area contributed by atoms with E-state index in [1.807, 2.05) is 23.1 Å². The average Bonchev–Trinajstić information content (AvgIpc) is 2.80. The molecule has 2 aliphatic rings. The molecule has 24 heavy (non-hydrogen) atoms. The lowest BCUT2D eigenvalue weighted by Gasteiger charge is -2.20. The number of carbonyl (C=O) groups excluding carboxylic acids is 2. The van der Waals surface area contributed by atoms with Gasteiger partial charge in [-0.1, -0.05) is 56.0 Å². The van der Waals surface area contributed by atoms with Gasteiger partial charge in [0.2, 0.25) is 11.8 Å². The Labute approximate surface area is 144 Å². The maximum Gasteiger partial charge on any atom is 0.225 e. The van der Waals surface area contributed by atoms with E-state index in [1.165, 1.54) is 31.2 Å². The first-order valence-electron chi connectivity index (χ1n) is 9.34. The van der Waals surface area contributed by atoms with Crippen LogP contribution >= 0.6 is 0 Å². The highest BCUT2D eigenvalue weighted by atomic mass is 16.2. The maximum atomic E-state index is 12.5. The normalized spacial score (nSPS) is 22.4. The molecule has 1 aliphatic heterocycles. The summed E-state index contributed by atoms with van der Waals surface area (Å²) in [6.45, 7) is 1.28. The molecule has 4 heteroatoms. The van der Waals surface area contributed by atoms with E-state index in [0.29, 0.717) is 25.6 Å². The molecule has 1 atom stereocenters. The van der Waals surface area contributed by atoms with Gasteiger partial charge >= 0.3 is 0 Å². The smallest absolute Gasteiger partial charge is 0.225 e. The number of hydrogen-bond donors (Lipinski definition) is 1. The van der Waals surface area contributed by atoms with Crippen molar-refractivity contribution in [1.29, 1.82) is 0 Å². The zero-order chi connectivity index (χ0) is 16.8. The maximum absolute atomic E-state index is 12.5. The van der Waals surface area contributed by atoms with Crippen molar-refractivity contribution in [2.24, 2.45) is 5.92 Å². The summed E-state index contributed by atoms with van der Waals surface area (Å²) in [6.07, 6.45) is 8.36. The fourth-order valence-corrected chi connectivity index (χ4v) is 3.82. The summed E-state index contributed by atoms with van der Waals surface area (Å²) in [4.78, 5) is 26.6. The molecule has 1 saturated carbocycles. The molecule has 2 amide bonds. The first kappa shape index (κ1) is 17.0. The number of nitrogens with zero attached hydrogens (tertiary/aromatic N) is 1. The number of likely N-dealkylation sites (tertiary alicyclic amines) is 1. The lowest BCUT2D eigenvalue weighted by molar-refractivity contribution is -0.129. The second-order valence-electron chi connectivity index (χ2n) is 7.17. The zero-order valence-corrected chi connectivity index (χ0v) is 14.4. The molecule has 1 aromatic carbocycles. The summed E-state index contributed by atoms with van der Waals surface area (Å²) in [5.41, 5.74) is 1.23. The van der Waals surface area contributed by atoms with E-state index in [0.717, 1.165) is 19.3 Å². The molecule has 3 rings (SSSR count). The lowest BCUT2D eigenvalue weighted by Crippen LogP contribution is -2.39. The molecule has 1 heterocycles. The lowest BCUT2D eigenvalue weighted by atomic mass is 10.0. The molecule has 1 saturated heterocycles. The summed E-state index contributed by atoms with van der Waals surface area (Å²) >= 11 is 0. The van der Waals surface area contributed by atoms with E-state index in [9.17, 15) is 9.59 Å². The summed E-state index contributed by atoms with van der Waals surface area (Å²) in [7, 11) is 0. The highest BCUT2D eigenvalue weighted by Crippen LogP contribution is 2.21. The molecule has 4 nitrogen and oxygen atoms in total. The van der Waals surface area contributed by atoms with Gasteiger partial charge in [-0.25, -0.2) is 0 Å². The second-order valence-corrected chi connectivity index (χ2v) is 7.17. The number of carbonyl (C=O) groups is 2. The van der Waals surface area contributed by atoms with Crippen molar-refractivity contribution < 1.29 is 9.59 Å². The van der Waals surface area contributed by atoms with Crippen molar-refractivity contribution in [1.82, 2.24) is 10.2 Å². The number of amides is 2. The largest absolute Gasteiger partial charge is 0.353 e. The fourth-order valence-electron chi connectivity index (χ4n) is 3.82. The van der Waals surface area contributed by atoms with Crippen LogP contribution in [0.4, 0.5) is 0 Å². The van der Waals surface area contributed by atoms with E-state index < -0.39 is 0 Å². The minimum atomic E-state index is -0.170. The topological polar surface area (TPSA) is 49.4 Å². The Kier molecular flexibility index (Phi) is 5.89. The Hall–Kier alpha value is -1.84. The minimum Gasteiger partial charge on any atom is -0.353 e. The van der Waals surface area contributed by atoms with E-state index in [4.69, 9.17) is 0 Å². The van der Waals surface area contributed by atoms with Gasteiger partial charge in [0.05, 0.1) is 5.92 Å². The van der Waals surface area contributed by atoms with Crippen LogP contribution in [0.2, 0.25) is 0 Å². The predicted molar refractivity (Wildman–Crippen MR) is 94.5 cm³/mol. The molecule has 0 radical (unpaired) electrons. The first-order chi connectivity index (χ1) is 11.7. The SMILES string of the molecule is O=C(NC1CCCCCC1)C1CC(=O)N(CCc2ccccc2)C1. The standard InChI is InChI=1S/C20H28N2O2/c23-19-14-17(20(24)21-18-10-6-1-2-7-11-18)15-22(19)13-12-16-8-4-3-5-9-16/h3-5,8-9,17-18H,1-2,6-7,10-15H2,(H,21,24). The summed E-state index contributed by atoms with van der Waals surface area (Å²) in [6, 6.07) is 10.5. The van der Waals surface area contributed by atoms with Crippen molar-refractivity contribution in [3.05, 3.63) is 35.9 Å². The van der Waals surface area contributed by atoms with Crippen LogP contribution in [0.25, 0.3) is 0 Å². The third-order valence-corrected chi connectivity index (χ3v) is 5.30. The van der Waals surface area contributed by atoms with Crippen molar-refractivity contribution in [2.75, 3.05) is 13.1 Å². The van der Waals surface area contributed by atoms with Crippen LogP contribution in [0.15, 0.2) is 30.3 Å². The van der Waals surface area contributed by atoms with Gasteiger partial charge in [0.15, 0.2) is 0 Å². The van der Waals surface area contributed by atoms with Crippen LogP contribution in [0.5, 0.6) is 0 Å². The monoisotopic (exact) mass is 328 g/mol. The minimum absolute atomic E-state index is 0.0810. The van der Waals surface area contributed by atoms with Gasteiger partial charge in [-0.15, -0.1) is 0 Å². The Morgan fingerprint density at radius 3 is 2.50 bits per heavy atom. The van der Waals surface area contributed by atoms with Crippen LogP contribution in [0.1, 0.15) is 50.5 Å². The molecule has 0 spiro atoms. The Morgan fingerprint density at radius 1 is 1.08 bits per heavy atom. The van der Waals surface area contributed by atoms with Crippen molar-refractivity contribution >= 4 is 11.8 Å². The van der Waals surface area contributed by atoms with Crippen LogP contribution in [0.3, 0.4) is 0 Å². The van der Waals surface area contributed by atoms with E-state index in [1.54, 1.807) is 0 Å². The highest BCUT2D eigenvalue weighted by molar-refractivity contribution is 5.89. The Balaban J connectivity index is 1.47. The van der Waals surface area contributed by atoms with Crippen molar-refractivity contribution in [3.8, 4) is 0 Å². The quantitative estimate of drug-likeness (QED) is 0.845. The number of rotatable bonds is 5. The molecule has 130 valence electrons. The van der Waals surface area contributed by atoms with Crippen molar-refractivity contribution in [3.63, 3.8) is 0 Å². The third kappa shape index (κ3) is 4.59. The number of hydrogen-bond acceptors (Lipinski definition) is 2. The van der Waals surface area contributed by atoms with E-state index in [-0.39, 0.29) is 17.7 Å². The summed E-state index contributed by atoms with van der Waals surface area (Å²) < 4.78 is 0. The Bertz CT molecular complexity index is 550. The van der Waals surface area contributed by atoms with Crippen LogP contribution < -0.4 is 5.32 Å². The molecule has 0 bridgehead atoms. The molecule has 2 fully saturated rings. The average molecular weight is 328 g/mol. The van der Waals surface area contributed by atoms with Gasteiger partial charge in [-0.2, -0.15) is 0 Å². The molecule has 1 aliphatic carbocycles. The van der Waals surface area contributed by atoms with E-state index in [2.05, 4.69) is 17.4 Å². The third-order valence-electron chi connectivity index (χ3n) is 5.30. The fraction of sp³-hybridized carbons (Fsp3) is 0.600. The van der Waals surface area contributed by atoms with Gasteiger partial charge < -0.3 is 10.2 Å². The number of benzene rings is 1. The molecule has 1 aromatic rings. The second kappa shape index (κ2) is 8.32. The zero-order valence-electron chi connectivity index (χ0n) is 14.4. The van der Waals surface area contributed by atoms with Crippen LogP contribution in [-0.4, -0.2) is 35.8 Å². The molecule has 0 aromatic heterocycles. The van der Waals surface area contributed by atoms with Gasteiger partial charge in [0.25, 0.3) is 0 Å². The van der Waals surface area contributed by atoms with Gasteiger partial charge in [0, 0.05) is 25.6 Å². The Morgan fingerprint density at radius 2 is 1.79 bits per heavy atom. The van der Waals surface area contributed by atoms with Gasteiger partial charge in [-0.05, 0) is 24.8 Å². The predicted octanol–water partition coefficient (Wildman–Crippen LogP) is 2.92. The number of nitrogens with one attached hydrogen (secondary N) is 1. The van der Waals surface area contributed by atoms with Crippen molar-refractivity contribution in [2.45, 2.75) is 57.4 Å². The molecule has 1 N–H and O–H groups in total. The summed E-state index contributed by atoms with van der Waals surface area (Å²) in [5.74, 6) is 0.0286. The molecule has 1 unspecified atom stereocenters. The van der Waals surface area contributed by atoms with Crippen LogP contribution in [0, 0.1) is 5.92 Å². The highest BCUT2D eigenvalue weighted by Gasteiger charge is 2.34. The van der Waals surface area contributed by atoms with E-state index >= 15 is 0 Å². The van der Waals surface area contributed by atoms with Crippen LogP contribution in [-0.2, 0) is 16.0 Å². The summed E-state index contributed by atoms with van der Waals surface area (Å²) in [5, 5.41) is 3.20.